The fraction of sp³-hybridized carbons (Fsp3) is 0.455. The van der Waals surface area contributed by atoms with Gasteiger partial charge < -0.3 is 4.74 Å². The molecule has 1 atom stereocenters. The number of hydrogen-bond acceptors (Lipinski definition) is 1. The zero-order chi connectivity index (χ0) is 10.1. The summed E-state index contributed by atoms with van der Waals surface area (Å²) in [6.45, 7) is 0. The normalized spacial score (nSPS) is 17.9. The first-order chi connectivity index (χ1) is 6.72. The quantitative estimate of drug-likeness (QED) is 0.755. The van der Waals surface area contributed by atoms with E-state index >= 15 is 0 Å². The fourth-order valence-corrected chi connectivity index (χ4v) is 2.83. The first-order valence-corrected chi connectivity index (χ1v) is 6.40. The molecule has 2 rings (SSSR count). The van der Waals surface area contributed by atoms with Crippen LogP contribution in [0.1, 0.15) is 23.2 Å². The van der Waals surface area contributed by atoms with Crippen molar-refractivity contribution in [3.63, 3.8) is 0 Å². The van der Waals surface area contributed by atoms with E-state index in [0.29, 0.717) is 4.83 Å². The van der Waals surface area contributed by atoms with Crippen LogP contribution in [0.15, 0.2) is 22.7 Å². The number of hydrogen-bond donors (Lipinski definition) is 0. The van der Waals surface area contributed by atoms with Gasteiger partial charge in [-0.3, -0.25) is 0 Å². The Kier molecular flexibility index (Phi) is 3.17. The predicted molar refractivity (Wildman–Crippen MR) is 65.1 cm³/mol. The molecule has 3 heteroatoms. The second-order valence-electron chi connectivity index (χ2n) is 3.63. The standard InChI is InChI=1S/C11H12Br2O/c1-14-10-5-4-8(12)6-9(10)11(13)7-2-3-7/h4-7,11H,2-3H2,1H3. The van der Waals surface area contributed by atoms with E-state index < -0.39 is 0 Å². The Bertz CT molecular complexity index is 334. The molecule has 0 spiro atoms. The maximum Gasteiger partial charge on any atom is 0.123 e. The van der Waals surface area contributed by atoms with Crippen molar-refractivity contribution in [1.82, 2.24) is 0 Å². The van der Waals surface area contributed by atoms with E-state index in [-0.39, 0.29) is 0 Å². The summed E-state index contributed by atoms with van der Waals surface area (Å²) < 4.78 is 6.46. The van der Waals surface area contributed by atoms with Gasteiger partial charge in [-0.15, -0.1) is 0 Å². The van der Waals surface area contributed by atoms with Crippen molar-refractivity contribution >= 4 is 31.9 Å². The van der Waals surface area contributed by atoms with E-state index in [2.05, 4.69) is 37.9 Å². The zero-order valence-electron chi connectivity index (χ0n) is 7.97. The maximum absolute atomic E-state index is 5.35. The molecule has 0 bridgehead atoms. The lowest BCUT2D eigenvalue weighted by Crippen LogP contribution is -1.96. The highest BCUT2D eigenvalue weighted by atomic mass is 79.9. The lowest BCUT2D eigenvalue weighted by molar-refractivity contribution is 0.408. The van der Waals surface area contributed by atoms with Gasteiger partial charge in [0.15, 0.2) is 0 Å². The average molecular weight is 320 g/mol. The molecule has 1 fully saturated rings. The molecule has 76 valence electrons. The van der Waals surface area contributed by atoms with E-state index in [1.807, 2.05) is 12.1 Å². The minimum atomic E-state index is 0.440. The first-order valence-electron chi connectivity index (χ1n) is 4.70. The number of benzene rings is 1. The van der Waals surface area contributed by atoms with Crippen molar-refractivity contribution in [3.05, 3.63) is 28.2 Å². The number of rotatable bonds is 3. The number of halogens is 2. The van der Waals surface area contributed by atoms with E-state index in [1.165, 1.54) is 18.4 Å². The lowest BCUT2D eigenvalue weighted by atomic mass is 10.1. The molecule has 1 nitrogen and oxygen atoms in total. The Morgan fingerprint density at radius 3 is 2.71 bits per heavy atom. The van der Waals surface area contributed by atoms with Crippen molar-refractivity contribution in [2.75, 3.05) is 7.11 Å². The van der Waals surface area contributed by atoms with Gasteiger partial charge in [0.05, 0.1) is 7.11 Å². The van der Waals surface area contributed by atoms with Gasteiger partial charge in [0, 0.05) is 14.9 Å². The van der Waals surface area contributed by atoms with Crippen LogP contribution in [0.2, 0.25) is 0 Å². The van der Waals surface area contributed by atoms with Gasteiger partial charge in [0.25, 0.3) is 0 Å². The topological polar surface area (TPSA) is 9.23 Å². The van der Waals surface area contributed by atoms with Gasteiger partial charge in [-0.2, -0.15) is 0 Å². The van der Waals surface area contributed by atoms with Gasteiger partial charge >= 0.3 is 0 Å². The Morgan fingerprint density at radius 2 is 2.14 bits per heavy atom. The number of ether oxygens (including phenoxy) is 1. The molecule has 0 amide bonds. The van der Waals surface area contributed by atoms with Crippen LogP contribution in [-0.4, -0.2) is 7.11 Å². The van der Waals surface area contributed by atoms with Gasteiger partial charge in [0.1, 0.15) is 5.75 Å². The first kappa shape index (κ1) is 10.5. The van der Waals surface area contributed by atoms with Gasteiger partial charge in [-0.05, 0) is 37.0 Å². The second kappa shape index (κ2) is 4.23. The van der Waals surface area contributed by atoms with Crippen molar-refractivity contribution < 1.29 is 4.74 Å². The minimum Gasteiger partial charge on any atom is -0.496 e. The van der Waals surface area contributed by atoms with Crippen molar-refractivity contribution in [1.29, 1.82) is 0 Å². The summed E-state index contributed by atoms with van der Waals surface area (Å²) in [5.74, 6) is 1.76. The van der Waals surface area contributed by atoms with Crippen LogP contribution < -0.4 is 4.74 Å². The van der Waals surface area contributed by atoms with Crippen molar-refractivity contribution in [2.45, 2.75) is 17.7 Å². The number of alkyl halides is 1. The molecular formula is C11H12Br2O. The third-order valence-corrected chi connectivity index (χ3v) is 4.26. The zero-order valence-corrected chi connectivity index (χ0v) is 11.1. The molecule has 0 heterocycles. The van der Waals surface area contributed by atoms with Crippen LogP contribution in [0.5, 0.6) is 5.75 Å². The smallest absolute Gasteiger partial charge is 0.123 e. The molecule has 0 saturated heterocycles. The second-order valence-corrected chi connectivity index (χ2v) is 5.53. The fourth-order valence-electron chi connectivity index (χ4n) is 1.56. The molecule has 1 aromatic carbocycles. The van der Waals surface area contributed by atoms with Crippen LogP contribution in [0.25, 0.3) is 0 Å². The maximum atomic E-state index is 5.35. The van der Waals surface area contributed by atoms with Gasteiger partial charge in [-0.25, -0.2) is 0 Å². The molecule has 1 unspecified atom stereocenters. The highest BCUT2D eigenvalue weighted by molar-refractivity contribution is 9.10. The van der Waals surface area contributed by atoms with Crippen LogP contribution in [-0.2, 0) is 0 Å². The van der Waals surface area contributed by atoms with E-state index in [1.54, 1.807) is 7.11 Å². The van der Waals surface area contributed by atoms with Crippen LogP contribution in [0.3, 0.4) is 0 Å². The van der Waals surface area contributed by atoms with Gasteiger partial charge in [0.2, 0.25) is 0 Å². The van der Waals surface area contributed by atoms with E-state index in [0.717, 1.165) is 16.1 Å². The summed E-state index contributed by atoms with van der Waals surface area (Å²) in [5, 5.41) is 0. The summed E-state index contributed by atoms with van der Waals surface area (Å²) in [7, 11) is 1.72. The Morgan fingerprint density at radius 1 is 1.43 bits per heavy atom. The monoisotopic (exact) mass is 318 g/mol. The third-order valence-electron chi connectivity index (χ3n) is 2.52. The molecule has 0 N–H and O–H groups in total. The molecular weight excluding hydrogens is 308 g/mol. The average Bonchev–Trinajstić information content (AvgIpc) is 3.00. The summed E-state index contributed by atoms with van der Waals surface area (Å²) in [6.07, 6.45) is 2.65. The van der Waals surface area contributed by atoms with Gasteiger partial charge in [-0.1, -0.05) is 31.9 Å². The highest BCUT2D eigenvalue weighted by Crippen LogP contribution is 2.49. The molecule has 1 saturated carbocycles. The lowest BCUT2D eigenvalue weighted by Gasteiger charge is -2.13. The largest absolute Gasteiger partial charge is 0.496 e. The molecule has 1 aliphatic rings. The van der Waals surface area contributed by atoms with Crippen molar-refractivity contribution in [3.8, 4) is 5.75 Å². The minimum absolute atomic E-state index is 0.440. The van der Waals surface area contributed by atoms with E-state index in [9.17, 15) is 0 Å². The molecule has 0 aliphatic heterocycles. The SMILES string of the molecule is COc1ccc(Br)cc1C(Br)C1CC1. The number of methoxy groups -OCH3 is 1. The summed E-state index contributed by atoms with van der Waals surface area (Å²) in [4.78, 5) is 0.440. The summed E-state index contributed by atoms with van der Waals surface area (Å²) >= 11 is 7.22. The summed E-state index contributed by atoms with van der Waals surface area (Å²) in [6, 6.07) is 6.15. The highest BCUT2D eigenvalue weighted by Gasteiger charge is 2.32. The Hall–Kier alpha value is -0.0200. The van der Waals surface area contributed by atoms with Crippen LogP contribution in [0, 0.1) is 5.92 Å². The molecule has 0 aromatic heterocycles. The summed E-state index contributed by atoms with van der Waals surface area (Å²) in [5.41, 5.74) is 1.25. The Balaban J connectivity index is 2.32. The molecule has 14 heavy (non-hydrogen) atoms. The molecule has 1 aromatic rings. The molecule has 0 radical (unpaired) electrons. The predicted octanol–water partition coefficient (Wildman–Crippen LogP) is 4.30. The third kappa shape index (κ3) is 2.14. The van der Waals surface area contributed by atoms with Crippen LogP contribution in [0.4, 0.5) is 0 Å². The Labute approximate surface area is 101 Å². The van der Waals surface area contributed by atoms with Crippen molar-refractivity contribution in [2.24, 2.45) is 5.92 Å². The van der Waals surface area contributed by atoms with E-state index in [4.69, 9.17) is 4.74 Å². The molecule has 1 aliphatic carbocycles. The van der Waals surface area contributed by atoms with Crippen LogP contribution >= 0.6 is 31.9 Å².